The van der Waals surface area contributed by atoms with Gasteiger partial charge in [-0.3, -0.25) is 4.79 Å². The van der Waals surface area contributed by atoms with Crippen LogP contribution in [0.25, 0.3) is 0 Å². The molecule has 0 heterocycles. The van der Waals surface area contributed by atoms with E-state index in [-0.39, 0.29) is 30.5 Å². The molecular formula is C15H23ClN2O3. The Kier molecular flexibility index (Phi) is 6.78. The van der Waals surface area contributed by atoms with E-state index in [0.29, 0.717) is 18.0 Å². The number of hydrogen-bond donors (Lipinski definition) is 2. The first kappa shape index (κ1) is 17.6. The number of halogens is 1. The summed E-state index contributed by atoms with van der Waals surface area (Å²) >= 11 is 0. The minimum Gasteiger partial charge on any atom is -0.497 e. The Labute approximate surface area is 131 Å². The number of benzene rings is 1. The quantitative estimate of drug-likeness (QED) is 0.841. The third-order valence-electron chi connectivity index (χ3n) is 3.77. The maximum absolute atomic E-state index is 12.0. The summed E-state index contributed by atoms with van der Waals surface area (Å²) in [5.74, 6) is 1.20. The van der Waals surface area contributed by atoms with Crippen molar-refractivity contribution in [3.05, 3.63) is 24.3 Å². The standard InChI is InChI=1S/C15H22N2O3.ClH/c1-19-12-5-4-6-13(9-12)20-10-14(18)17-15(11-16)7-2-3-8-15;/h4-6,9H,2-3,7-8,10-11,16H2,1H3,(H,17,18);1H. The molecule has 118 valence electrons. The molecular weight excluding hydrogens is 292 g/mol. The Hall–Kier alpha value is -1.46. The van der Waals surface area contributed by atoms with Gasteiger partial charge in [-0.25, -0.2) is 0 Å². The lowest BCUT2D eigenvalue weighted by Gasteiger charge is -2.28. The zero-order chi connectivity index (χ0) is 14.4. The Morgan fingerprint density at radius 1 is 1.33 bits per heavy atom. The lowest BCUT2D eigenvalue weighted by molar-refractivity contribution is -0.124. The van der Waals surface area contributed by atoms with Crippen molar-refractivity contribution in [3.63, 3.8) is 0 Å². The second kappa shape index (κ2) is 8.10. The fraction of sp³-hybridized carbons (Fsp3) is 0.533. The zero-order valence-electron chi connectivity index (χ0n) is 12.3. The normalized spacial score (nSPS) is 15.9. The van der Waals surface area contributed by atoms with Crippen LogP contribution in [0.5, 0.6) is 11.5 Å². The molecule has 0 aromatic heterocycles. The van der Waals surface area contributed by atoms with Crippen LogP contribution in [0.15, 0.2) is 24.3 Å². The predicted octanol–water partition coefficient (Wildman–Crippen LogP) is 1.88. The number of hydrogen-bond acceptors (Lipinski definition) is 4. The van der Waals surface area contributed by atoms with Crippen LogP contribution in [-0.4, -0.2) is 31.7 Å². The van der Waals surface area contributed by atoms with Gasteiger partial charge in [0.1, 0.15) is 11.5 Å². The predicted molar refractivity (Wildman–Crippen MR) is 84.1 cm³/mol. The zero-order valence-corrected chi connectivity index (χ0v) is 13.1. The maximum atomic E-state index is 12.0. The fourth-order valence-electron chi connectivity index (χ4n) is 2.60. The van der Waals surface area contributed by atoms with Crippen molar-refractivity contribution in [2.45, 2.75) is 31.2 Å². The van der Waals surface area contributed by atoms with Crippen LogP contribution in [0.1, 0.15) is 25.7 Å². The molecule has 1 aromatic rings. The van der Waals surface area contributed by atoms with Crippen LogP contribution >= 0.6 is 12.4 Å². The number of rotatable bonds is 6. The monoisotopic (exact) mass is 314 g/mol. The highest BCUT2D eigenvalue weighted by Gasteiger charge is 2.33. The van der Waals surface area contributed by atoms with E-state index < -0.39 is 0 Å². The van der Waals surface area contributed by atoms with E-state index >= 15 is 0 Å². The lowest BCUT2D eigenvalue weighted by atomic mass is 9.98. The van der Waals surface area contributed by atoms with Gasteiger partial charge in [0.15, 0.2) is 6.61 Å². The van der Waals surface area contributed by atoms with Gasteiger partial charge in [-0.2, -0.15) is 0 Å². The highest BCUT2D eigenvalue weighted by molar-refractivity contribution is 5.85. The molecule has 3 N–H and O–H groups in total. The Morgan fingerprint density at radius 3 is 2.62 bits per heavy atom. The topological polar surface area (TPSA) is 73.6 Å². The average molecular weight is 315 g/mol. The number of nitrogens with two attached hydrogens (primary N) is 1. The molecule has 6 heteroatoms. The van der Waals surface area contributed by atoms with E-state index in [0.717, 1.165) is 25.7 Å². The van der Waals surface area contributed by atoms with Crippen LogP contribution in [0.2, 0.25) is 0 Å². The molecule has 21 heavy (non-hydrogen) atoms. The van der Waals surface area contributed by atoms with Crippen molar-refractivity contribution in [3.8, 4) is 11.5 Å². The molecule has 1 aliphatic rings. The summed E-state index contributed by atoms with van der Waals surface area (Å²) in [7, 11) is 1.59. The van der Waals surface area contributed by atoms with Gasteiger partial charge in [-0.15, -0.1) is 12.4 Å². The fourth-order valence-corrected chi connectivity index (χ4v) is 2.60. The van der Waals surface area contributed by atoms with Gasteiger partial charge in [0.05, 0.1) is 12.6 Å². The van der Waals surface area contributed by atoms with Crippen LogP contribution in [0, 0.1) is 0 Å². The van der Waals surface area contributed by atoms with Gasteiger partial charge in [0.2, 0.25) is 0 Å². The molecule has 1 aliphatic carbocycles. The molecule has 0 atom stereocenters. The molecule has 5 nitrogen and oxygen atoms in total. The van der Waals surface area contributed by atoms with Gasteiger partial charge in [-0.05, 0) is 25.0 Å². The first-order chi connectivity index (χ1) is 9.67. The molecule has 0 bridgehead atoms. The van der Waals surface area contributed by atoms with Crippen molar-refractivity contribution in [1.29, 1.82) is 0 Å². The number of nitrogens with one attached hydrogen (secondary N) is 1. The van der Waals surface area contributed by atoms with Crippen molar-refractivity contribution in [1.82, 2.24) is 5.32 Å². The van der Waals surface area contributed by atoms with E-state index in [4.69, 9.17) is 15.2 Å². The molecule has 1 fully saturated rings. The Balaban J connectivity index is 0.00000220. The van der Waals surface area contributed by atoms with Crippen LogP contribution in [0.4, 0.5) is 0 Å². The molecule has 1 amide bonds. The number of amides is 1. The van der Waals surface area contributed by atoms with E-state index in [1.54, 1.807) is 19.2 Å². The molecule has 1 saturated carbocycles. The van der Waals surface area contributed by atoms with Crippen molar-refractivity contribution in [2.24, 2.45) is 5.73 Å². The van der Waals surface area contributed by atoms with E-state index in [1.807, 2.05) is 12.1 Å². The molecule has 0 radical (unpaired) electrons. The number of ether oxygens (including phenoxy) is 2. The summed E-state index contributed by atoms with van der Waals surface area (Å²) in [6.07, 6.45) is 4.14. The molecule has 0 saturated heterocycles. The summed E-state index contributed by atoms with van der Waals surface area (Å²) in [6, 6.07) is 7.20. The lowest BCUT2D eigenvalue weighted by Crippen LogP contribution is -2.52. The third-order valence-corrected chi connectivity index (χ3v) is 3.77. The van der Waals surface area contributed by atoms with Crippen LogP contribution < -0.4 is 20.5 Å². The third kappa shape index (κ3) is 4.79. The first-order valence-electron chi connectivity index (χ1n) is 6.95. The largest absolute Gasteiger partial charge is 0.497 e. The highest BCUT2D eigenvalue weighted by Crippen LogP contribution is 2.28. The smallest absolute Gasteiger partial charge is 0.258 e. The van der Waals surface area contributed by atoms with E-state index in [1.165, 1.54) is 0 Å². The summed E-state index contributed by atoms with van der Waals surface area (Å²) in [6.45, 7) is 0.479. The molecule has 0 aliphatic heterocycles. The Bertz CT molecular complexity index is 462. The number of carbonyl (C=O) groups excluding carboxylic acids is 1. The van der Waals surface area contributed by atoms with Crippen LogP contribution in [-0.2, 0) is 4.79 Å². The van der Waals surface area contributed by atoms with E-state index in [2.05, 4.69) is 5.32 Å². The number of carbonyl (C=O) groups is 1. The average Bonchev–Trinajstić information content (AvgIpc) is 2.94. The van der Waals surface area contributed by atoms with E-state index in [9.17, 15) is 4.79 Å². The summed E-state index contributed by atoms with van der Waals surface area (Å²) < 4.78 is 10.6. The van der Waals surface area contributed by atoms with Gasteiger partial charge in [0.25, 0.3) is 5.91 Å². The van der Waals surface area contributed by atoms with Crippen molar-refractivity contribution in [2.75, 3.05) is 20.3 Å². The second-order valence-electron chi connectivity index (χ2n) is 5.21. The first-order valence-corrected chi connectivity index (χ1v) is 6.95. The highest BCUT2D eigenvalue weighted by atomic mass is 35.5. The van der Waals surface area contributed by atoms with Crippen LogP contribution in [0.3, 0.4) is 0 Å². The molecule has 0 spiro atoms. The minimum atomic E-state index is -0.227. The molecule has 0 unspecified atom stereocenters. The molecule has 1 aromatic carbocycles. The van der Waals surface area contributed by atoms with Crippen molar-refractivity contribution >= 4 is 18.3 Å². The van der Waals surface area contributed by atoms with Gasteiger partial charge in [-0.1, -0.05) is 18.9 Å². The minimum absolute atomic E-state index is 0. The van der Waals surface area contributed by atoms with Gasteiger partial charge >= 0.3 is 0 Å². The maximum Gasteiger partial charge on any atom is 0.258 e. The van der Waals surface area contributed by atoms with Gasteiger partial charge < -0.3 is 20.5 Å². The summed E-state index contributed by atoms with van der Waals surface area (Å²) in [5, 5.41) is 3.02. The molecule has 2 rings (SSSR count). The number of methoxy groups -OCH3 is 1. The van der Waals surface area contributed by atoms with Crippen molar-refractivity contribution < 1.29 is 14.3 Å². The summed E-state index contributed by atoms with van der Waals surface area (Å²) in [5.41, 5.74) is 5.56. The SMILES string of the molecule is COc1cccc(OCC(=O)NC2(CN)CCCC2)c1.Cl. The summed E-state index contributed by atoms with van der Waals surface area (Å²) in [4.78, 5) is 12.0. The second-order valence-corrected chi connectivity index (χ2v) is 5.21. The van der Waals surface area contributed by atoms with Gasteiger partial charge in [0, 0.05) is 12.6 Å². The Morgan fingerprint density at radius 2 is 2.00 bits per heavy atom.